The number of hydrogen-bond donors (Lipinski definition) is 0. The molecule has 0 aliphatic carbocycles. The summed E-state index contributed by atoms with van der Waals surface area (Å²) in [6, 6.07) is 1.54. The van der Waals surface area contributed by atoms with E-state index in [4.69, 9.17) is 0 Å². The van der Waals surface area contributed by atoms with Crippen molar-refractivity contribution < 1.29 is 13.2 Å². The van der Waals surface area contributed by atoms with Gasteiger partial charge in [0, 0.05) is 25.0 Å². The lowest BCUT2D eigenvalue weighted by molar-refractivity contribution is 0.0747. The number of hydrogen-bond acceptors (Lipinski definition) is 5. The van der Waals surface area contributed by atoms with E-state index in [1.807, 2.05) is 0 Å². The molecule has 1 amide bonds. The fourth-order valence-electron chi connectivity index (χ4n) is 3.08. The number of nitrogens with zero attached hydrogens (tertiary/aromatic N) is 4. The van der Waals surface area contributed by atoms with Gasteiger partial charge in [-0.25, -0.2) is 17.9 Å². The average Bonchev–Trinajstić information content (AvgIpc) is 3.07. The molecular formula is C12H12N4O3S. The Labute approximate surface area is 115 Å². The third kappa shape index (κ3) is 1.51. The highest BCUT2D eigenvalue weighted by Gasteiger charge is 2.50. The normalized spacial score (nSPS) is 27.3. The Hall–Kier alpha value is -1.96. The lowest BCUT2D eigenvalue weighted by Crippen LogP contribution is -2.44. The molecule has 0 saturated carbocycles. The highest BCUT2D eigenvalue weighted by atomic mass is 32.2. The summed E-state index contributed by atoms with van der Waals surface area (Å²) >= 11 is 0. The monoisotopic (exact) mass is 292 g/mol. The second-order valence-corrected chi connectivity index (χ2v) is 7.57. The molecule has 2 fully saturated rings. The number of amides is 1. The van der Waals surface area contributed by atoms with Crippen LogP contribution < -0.4 is 0 Å². The quantitative estimate of drug-likeness (QED) is 0.723. The SMILES string of the molecule is O=C(c1cnn2cccnc12)N1CC2CC1CS2(=O)=O. The lowest BCUT2D eigenvalue weighted by atomic mass is 10.2. The molecule has 2 bridgehead atoms. The van der Waals surface area contributed by atoms with E-state index in [0.29, 0.717) is 17.6 Å². The molecule has 7 nitrogen and oxygen atoms in total. The van der Waals surface area contributed by atoms with Crippen molar-refractivity contribution in [3.05, 3.63) is 30.2 Å². The molecule has 4 rings (SSSR count). The topological polar surface area (TPSA) is 84.6 Å². The Morgan fingerprint density at radius 2 is 2.25 bits per heavy atom. The number of fused-ring (bicyclic) bond motifs is 3. The smallest absolute Gasteiger partial charge is 0.259 e. The molecule has 2 aromatic rings. The van der Waals surface area contributed by atoms with Crippen LogP contribution in [0.1, 0.15) is 16.8 Å². The third-order valence-electron chi connectivity index (χ3n) is 4.08. The maximum absolute atomic E-state index is 12.6. The fraction of sp³-hybridized carbons (Fsp3) is 0.417. The summed E-state index contributed by atoms with van der Waals surface area (Å²) < 4.78 is 25.0. The summed E-state index contributed by atoms with van der Waals surface area (Å²) in [5.74, 6) is -0.100. The van der Waals surface area contributed by atoms with Crippen molar-refractivity contribution in [3.63, 3.8) is 0 Å². The molecule has 2 aliphatic rings. The Morgan fingerprint density at radius 1 is 1.40 bits per heavy atom. The van der Waals surface area contributed by atoms with E-state index >= 15 is 0 Å². The second-order valence-electron chi connectivity index (χ2n) is 5.24. The fourth-order valence-corrected chi connectivity index (χ4v) is 5.11. The van der Waals surface area contributed by atoms with E-state index in [0.717, 1.165) is 0 Å². The Kier molecular flexibility index (Phi) is 2.24. The number of sulfone groups is 1. The zero-order valence-electron chi connectivity index (χ0n) is 10.5. The molecule has 2 saturated heterocycles. The minimum absolute atomic E-state index is 0.0794. The van der Waals surface area contributed by atoms with E-state index in [2.05, 4.69) is 10.1 Å². The van der Waals surface area contributed by atoms with Crippen LogP contribution in [-0.2, 0) is 9.84 Å². The first kappa shape index (κ1) is 11.8. The number of aromatic nitrogens is 3. The summed E-state index contributed by atoms with van der Waals surface area (Å²) in [5.41, 5.74) is 0.929. The first-order valence-electron chi connectivity index (χ1n) is 6.37. The van der Waals surface area contributed by atoms with Gasteiger partial charge in [-0.05, 0) is 12.5 Å². The molecule has 0 N–H and O–H groups in total. The van der Waals surface area contributed by atoms with Gasteiger partial charge in [-0.2, -0.15) is 5.10 Å². The van der Waals surface area contributed by atoms with Crippen LogP contribution in [0.25, 0.3) is 5.65 Å². The largest absolute Gasteiger partial charge is 0.333 e. The van der Waals surface area contributed by atoms with Gasteiger partial charge in [0.05, 0.1) is 17.2 Å². The van der Waals surface area contributed by atoms with Gasteiger partial charge >= 0.3 is 0 Å². The van der Waals surface area contributed by atoms with Crippen LogP contribution in [-0.4, -0.2) is 57.4 Å². The van der Waals surface area contributed by atoms with E-state index in [1.54, 1.807) is 23.4 Å². The van der Waals surface area contributed by atoms with Crippen LogP contribution >= 0.6 is 0 Å². The lowest BCUT2D eigenvalue weighted by Gasteiger charge is -2.26. The van der Waals surface area contributed by atoms with Crippen LogP contribution in [0.4, 0.5) is 0 Å². The van der Waals surface area contributed by atoms with Crippen molar-refractivity contribution in [2.45, 2.75) is 17.7 Å². The van der Waals surface area contributed by atoms with Crippen molar-refractivity contribution in [3.8, 4) is 0 Å². The predicted octanol–water partition coefficient (Wildman–Crippen LogP) is -0.259. The van der Waals surface area contributed by atoms with E-state index in [9.17, 15) is 13.2 Å². The highest BCUT2D eigenvalue weighted by Crippen LogP contribution is 2.34. The van der Waals surface area contributed by atoms with Crippen molar-refractivity contribution in [2.24, 2.45) is 0 Å². The molecular weight excluding hydrogens is 280 g/mol. The molecule has 0 spiro atoms. The summed E-state index contributed by atoms with van der Waals surface area (Å²) in [4.78, 5) is 18.4. The summed E-state index contributed by atoms with van der Waals surface area (Å²) in [6.45, 7) is 0.288. The van der Waals surface area contributed by atoms with E-state index in [-0.39, 0.29) is 24.2 Å². The Balaban J connectivity index is 1.70. The van der Waals surface area contributed by atoms with Gasteiger partial charge in [0.1, 0.15) is 5.56 Å². The van der Waals surface area contributed by atoms with Gasteiger partial charge < -0.3 is 4.90 Å². The minimum Gasteiger partial charge on any atom is -0.333 e. The number of likely N-dealkylation sites (tertiary alicyclic amines) is 1. The first-order valence-corrected chi connectivity index (χ1v) is 8.09. The van der Waals surface area contributed by atoms with Gasteiger partial charge in [0.2, 0.25) is 0 Å². The zero-order valence-corrected chi connectivity index (χ0v) is 11.3. The average molecular weight is 292 g/mol. The number of rotatable bonds is 1. The Morgan fingerprint density at radius 3 is 2.95 bits per heavy atom. The predicted molar refractivity (Wildman–Crippen MR) is 70.0 cm³/mol. The first-order chi connectivity index (χ1) is 9.56. The van der Waals surface area contributed by atoms with Crippen LogP contribution in [0.5, 0.6) is 0 Å². The van der Waals surface area contributed by atoms with Crippen molar-refractivity contribution in [2.75, 3.05) is 12.3 Å². The molecule has 2 atom stereocenters. The van der Waals surface area contributed by atoms with Crippen LogP contribution in [0.15, 0.2) is 24.7 Å². The molecule has 4 heterocycles. The van der Waals surface area contributed by atoms with Gasteiger partial charge in [-0.1, -0.05) is 0 Å². The van der Waals surface area contributed by atoms with Crippen molar-refractivity contribution in [1.82, 2.24) is 19.5 Å². The summed E-state index contributed by atoms with van der Waals surface area (Å²) in [7, 11) is -3.00. The van der Waals surface area contributed by atoms with Crippen LogP contribution in [0.3, 0.4) is 0 Å². The minimum atomic E-state index is -3.00. The Bertz CT molecular complexity index is 813. The van der Waals surface area contributed by atoms with Crippen molar-refractivity contribution >= 4 is 21.4 Å². The molecule has 2 unspecified atom stereocenters. The van der Waals surface area contributed by atoms with Gasteiger partial charge in [0.25, 0.3) is 5.91 Å². The number of carbonyl (C=O) groups excluding carboxylic acids is 1. The molecule has 0 radical (unpaired) electrons. The van der Waals surface area contributed by atoms with E-state index in [1.165, 1.54) is 10.7 Å². The van der Waals surface area contributed by atoms with E-state index < -0.39 is 15.1 Å². The van der Waals surface area contributed by atoms with Crippen LogP contribution in [0.2, 0.25) is 0 Å². The molecule has 0 aromatic carbocycles. The van der Waals surface area contributed by atoms with Gasteiger partial charge in [0.15, 0.2) is 15.5 Å². The number of carbonyl (C=O) groups is 1. The summed E-state index contributed by atoms with van der Waals surface area (Å²) in [6.07, 6.45) is 5.37. The third-order valence-corrected chi connectivity index (χ3v) is 6.29. The van der Waals surface area contributed by atoms with Gasteiger partial charge in [-0.15, -0.1) is 0 Å². The maximum atomic E-state index is 12.6. The van der Waals surface area contributed by atoms with Crippen molar-refractivity contribution in [1.29, 1.82) is 0 Å². The van der Waals surface area contributed by atoms with Crippen LogP contribution in [0, 0.1) is 0 Å². The molecule has 2 aromatic heterocycles. The maximum Gasteiger partial charge on any atom is 0.259 e. The molecule has 8 heteroatoms. The highest BCUT2D eigenvalue weighted by molar-refractivity contribution is 7.92. The molecule has 2 aliphatic heterocycles. The summed E-state index contributed by atoms with van der Waals surface area (Å²) in [5, 5.41) is 3.69. The second kappa shape index (κ2) is 3.78. The standard InChI is InChI=1S/C12H12N4O3S/c17-12(10-5-14-16-3-1-2-13-11(10)16)15-6-9-4-8(15)7-20(9,18)19/h1-3,5,8-9H,4,6-7H2. The van der Waals surface area contributed by atoms with Gasteiger partial charge in [-0.3, -0.25) is 4.79 Å². The molecule has 20 heavy (non-hydrogen) atoms. The molecule has 104 valence electrons. The zero-order chi connectivity index (χ0) is 13.9.